The quantitative estimate of drug-likeness (QED) is 0.412. The summed E-state index contributed by atoms with van der Waals surface area (Å²) in [5, 5.41) is 18.2. The Labute approximate surface area is 201 Å². The molecule has 6 rings (SSSR count). The zero-order valence-corrected chi connectivity index (χ0v) is 19.9. The fourth-order valence-corrected chi connectivity index (χ4v) is 4.52. The van der Waals surface area contributed by atoms with Crippen LogP contribution in [0, 0.1) is 0 Å². The van der Waals surface area contributed by atoms with E-state index in [1.807, 2.05) is 42.3 Å². The predicted molar refractivity (Wildman–Crippen MR) is 131 cm³/mol. The molecule has 0 fully saturated rings. The van der Waals surface area contributed by atoms with Gasteiger partial charge in [-0.05, 0) is 38.8 Å². The number of pyridine rings is 1. The van der Waals surface area contributed by atoms with Crippen LogP contribution in [0.15, 0.2) is 43.0 Å². The van der Waals surface area contributed by atoms with Crippen molar-refractivity contribution in [3.05, 3.63) is 43.0 Å². The van der Waals surface area contributed by atoms with Gasteiger partial charge in [-0.3, -0.25) is 9.36 Å². The van der Waals surface area contributed by atoms with Crippen LogP contribution in [0.2, 0.25) is 0 Å². The summed E-state index contributed by atoms with van der Waals surface area (Å²) in [7, 11) is 1.86. The first-order valence-corrected chi connectivity index (χ1v) is 11.8. The van der Waals surface area contributed by atoms with Gasteiger partial charge in [0.1, 0.15) is 22.9 Å². The van der Waals surface area contributed by atoms with E-state index in [1.165, 1.54) is 0 Å². The lowest BCUT2D eigenvalue weighted by Crippen LogP contribution is -2.10. The summed E-state index contributed by atoms with van der Waals surface area (Å²) in [6.45, 7) is 5.58. The minimum atomic E-state index is 0.153. The van der Waals surface area contributed by atoms with Crippen LogP contribution in [-0.2, 0) is 13.6 Å². The first-order valence-electron chi connectivity index (χ1n) is 11.8. The van der Waals surface area contributed by atoms with Crippen LogP contribution in [-0.4, -0.2) is 50.9 Å². The molecule has 35 heavy (non-hydrogen) atoms. The van der Waals surface area contributed by atoms with Gasteiger partial charge in [0, 0.05) is 49.7 Å². The minimum Gasteiger partial charge on any atom is -0.477 e. The third-order valence-corrected chi connectivity index (χ3v) is 6.31. The molecule has 6 heterocycles. The topological polar surface area (TPSA) is 113 Å². The summed E-state index contributed by atoms with van der Waals surface area (Å²) in [4.78, 5) is 13.8. The number of anilines is 2. The van der Waals surface area contributed by atoms with E-state index < -0.39 is 0 Å². The third-order valence-electron chi connectivity index (χ3n) is 6.31. The predicted octanol–water partition coefficient (Wildman–Crippen LogP) is 3.98. The van der Waals surface area contributed by atoms with Gasteiger partial charge < -0.3 is 10.1 Å². The number of rotatable bonds is 2. The monoisotopic (exact) mass is 470 g/mol. The van der Waals surface area contributed by atoms with Gasteiger partial charge >= 0.3 is 0 Å². The number of aromatic nitrogens is 9. The number of hydrogen-bond acceptors (Lipinski definition) is 8. The molecule has 0 saturated carbocycles. The molecule has 5 aromatic heterocycles. The van der Waals surface area contributed by atoms with Crippen LogP contribution >= 0.6 is 0 Å². The lowest BCUT2D eigenvalue weighted by atomic mass is 10.1. The molecule has 5 aromatic rings. The first-order chi connectivity index (χ1) is 17.1. The van der Waals surface area contributed by atoms with Crippen molar-refractivity contribution in [3.8, 4) is 28.7 Å². The second-order valence-corrected chi connectivity index (χ2v) is 8.63. The SMILES string of the molecule is CCn1nccc1-c1nn2c3cc(ncc13)Nc1ccnc(n1)-c1cnn(C)c1OCCCC2C. The summed E-state index contributed by atoms with van der Waals surface area (Å²) in [5.74, 6) is 2.51. The van der Waals surface area contributed by atoms with Gasteiger partial charge in [0.15, 0.2) is 5.82 Å². The van der Waals surface area contributed by atoms with Gasteiger partial charge in [0.05, 0.1) is 24.0 Å². The van der Waals surface area contributed by atoms with Crippen molar-refractivity contribution in [2.45, 2.75) is 39.3 Å². The molecule has 178 valence electrons. The molecule has 11 nitrogen and oxygen atoms in total. The zero-order chi connectivity index (χ0) is 23.9. The first kappa shape index (κ1) is 21.3. The van der Waals surface area contributed by atoms with Crippen LogP contribution in [0.3, 0.4) is 0 Å². The van der Waals surface area contributed by atoms with E-state index in [2.05, 4.69) is 44.0 Å². The largest absolute Gasteiger partial charge is 0.477 e. The highest BCUT2D eigenvalue weighted by Gasteiger charge is 2.21. The van der Waals surface area contributed by atoms with Crippen molar-refractivity contribution >= 4 is 22.5 Å². The molecule has 11 heteroatoms. The Morgan fingerprint density at radius 1 is 1.11 bits per heavy atom. The van der Waals surface area contributed by atoms with Crippen LogP contribution in [0.25, 0.3) is 33.7 Å². The van der Waals surface area contributed by atoms with Crippen molar-refractivity contribution in [2.24, 2.45) is 7.05 Å². The molecule has 1 unspecified atom stereocenters. The molecule has 0 aromatic carbocycles. The van der Waals surface area contributed by atoms with Crippen molar-refractivity contribution in [2.75, 3.05) is 11.9 Å². The fraction of sp³-hybridized carbons (Fsp3) is 0.333. The Balaban J connectivity index is 1.48. The molecular weight excluding hydrogens is 444 g/mol. The molecule has 0 radical (unpaired) electrons. The maximum atomic E-state index is 6.14. The maximum Gasteiger partial charge on any atom is 0.222 e. The van der Waals surface area contributed by atoms with Crippen molar-refractivity contribution in [1.82, 2.24) is 44.3 Å². The van der Waals surface area contributed by atoms with E-state index in [0.717, 1.165) is 47.2 Å². The molecule has 0 spiro atoms. The van der Waals surface area contributed by atoms with Gasteiger partial charge in [-0.2, -0.15) is 15.3 Å². The Morgan fingerprint density at radius 3 is 2.91 bits per heavy atom. The summed E-state index contributed by atoms with van der Waals surface area (Å²) in [6.07, 6.45) is 8.88. The lowest BCUT2D eigenvalue weighted by molar-refractivity contribution is 0.271. The average Bonchev–Trinajstić information content (AvgIpc) is 3.58. The Hall–Kier alpha value is -4.28. The second-order valence-electron chi connectivity index (χ2n) is 8.63. The highest BCUT2D eigenvalue weighted by atomic mass is 16.5. The van der Waals surface area contributed by atoms with E-state index in [4.69, 9.17) is 14.8 Å². The summed E-state index contributed by atoms with van der Waals surface area (Å²) in [5.41, 5.74) is 3.62. The lowest BCUT2D eigenvalue weighted by Gasteiger charge is -2.14. The molecular formula is C24H26N10O. The van der Waals surface area contributed by atoms with Crippen LogP contribution in [0.4, 0.5) is 11.6 Å². The number of aryl methyl sites for hydroxylation is 2. The minimum absolute atomic E-state index is 0.153. The normalized spacial score (nSPS) is 15.8. The number of nitrogens with one attached hydrogen (secondary N) is 1. The van der Waals surface area contributed by atoms with E-state index in [0.29, 0.717) is 29.9 Å². The molecule has 1 aliphatic heterocycles. The average molecular weight is 471 g/mol. The van der Waals surface area contributed by atoms with Crippen LogP contribution < -0.4 is 10.1 Å². The highest BCUT2D eigenvalue weighted by Crippen LogP contribution is 2.33. The Morgan fingerprint density at radius 2 is 2.03 bits per heavy atom. The van der Waals surface area contributed by atoms with E-state index in [1.54, 1.807) is 17.1 Å². The van der Waals surface area contributed by atoms with Crippen molar-refractivity contribution in [3.63, 3.8) is 0 Å². The summed E-state index contributed by atoms with van der Waals surface area (Å²) >= 11 is 0. The standard InChI is InChI=1S/C24H26N10O/c1-4-33-18(7-10-27-33)22-16-13-26-21-12-19(16)34(31-22)15(2)6-5-11-35-24-17(14-28-32(24)3)23-25-9-8-20(29-21)30-23/h7-10,12-15H,4-6,11H2,1-3H3,(H,25,26,29,30). The number of nitrogens with zero attached hydrogens (tertiary/aromatic N) is 9. The molecule has 1 atom stereocenters. The Kier molecular flexibility index (Phi) is 5.16. The third kappa shape index (κ3) is 3.69. The van der Waals surface area contributed by atoms with E-state index >= 15 is 0 Å². The van der Waals surface area contributed by atoms with Crippen molar-refractivity contribution < 1.29 is 4.74 Å². The highest BCUT2D eigenvalue weighted by molar-refractivity contribution is 5.93. The smallest absolute Gasteiger partial charge is 0.222 e. The molecule has 1 N–H and O–H groups in total. The maximum absolute atomic E-state index is 6.14. The van der Waals surface area contributed by atoms with Crippen LogP contribution in [0.1, 0.15) is 32.7 Å². The molecule has 0 aliphatic carbocycles. The number of fused-ring (bicyclic) bond motifs is 5. The van der Waals surface area contributed by atoms with E-state index in [-0.39, 0.29) is 6.04 Å². The number of ether oxygens (including phenoxy) is 1. The molecule has 1 aliphatic rings. The van der Waals surface area contributed by atoms with Crippen LogP contribution in [0.5, 0.6) is 5.88 Å². The van der Waals surface area contributed by atoms with E-state index in [9.17, 15) is 0 Å². The molecule has 4 bridgehead atoms. The Bertz CT molecular complexity index is 1510. The summed E-state index contributed by atoms with van der Waals surface area (Å²) < 4.78 is 11.9. The van der Waals surface area contributed by atoms with Gasteiger partial charge in [0.25, 0.3) is 0 Å². The van der Waals surface area contributed by atoms with Crippen molar-refractivity contribution in [1.29, 1.82) is 0 Å². The zero-order valence-electron chi connectivity index (χ0n) is 19.9. The molecule has 0 saturated heterocycles. The number of hydrogen-bond donors (Lipinski definition) is 1. The van der Waals surface area contributed by atoms with Gasteiger partial charge in [-0.25, -0.2) is 19.6 Å². The van der Waals surface area contributed by atoms with Gasteiger partial charge in [-0.1, -0.05) is 0 Å². The fourth-order valence-electron chi connectivity index (χ4n) is 4.52. The van der Waals surface area contributed by atoms with Gasteiger partial charge in [0.2, 0.25) is 5.88 Å². The second kappa shape index (κ2) is 8.49. The molecule has 0 amide bonds. The van der Waals surface area contributed by atoms with Gasteiger partial charge in [-0.15, -0.1) is 0 Å². The summed E-state index contributed by atoms with van der Waals surface area (Å²) in [6, 6.07) is 6.00.